The molecule has 0 nitrogen and oxygen atoms in total. The molecule has 0 heterocycles. The Labute approximate surface area is 146 Å². The highest BCUT2D eigenvalue weighted by Crippen LogP contribution is 2.74. The normalized spacial score (nSPS) is 50.2. The van der Waals surface area contributed by atoms with Gasteiger partial charge in [0.25, 0.3) is 0 Å². The minimum atomic E-state index is -0.883. The molecule has 2 rings (SSSR count). The molecule has 106 valence electrons. The van der Waals surface area contributed by atoms with Gasteiger partial charge in [-0.3, -0.25) is 0 Å². The molecule has 0 saturated heterocycles. The average molecular weight is 414 g/mol. The monoisotopic (exact) mass is 410 g/mol. The fraction of sp³-hybridized carbons (Fsp3) is 1.00. The predicted molar refractivity (Wildman–Crippen MR) is 83.9 cm³/mol. The minimum absolute atomic E-state index is 0.208. The van der Waals surface area contributed by atoms with Crippen LogP contribution in [0.25, 0.3) is 0 Å². The van der Waals surface area contributed by atoms with Crippen molar-refractivity contribution in [2.24, 2.45) is 16.7 Å². The van der Waals surface area contributed by atoms with Crippen molar-refractivity contribution < 1.29 is 0 Å². The van der Waals surface area contributed by atoms with Gasteiger partial charge >= 0.3 is 0 Å². The molecule has 0 aliphatic heterocycles. The van der Waals surface area contributed by atoms with Gasteiger partial charge < -0.3 is 0 Å². The van der Waals surface area contributed by atoms with Crippen molar-refractivity contribution in [2.45, 2.75) is 26.3 Å². The summed E-state index contributed by atoms with van der Waals surface area (Å²) in [7, 11) is 0. The topological polar surface area (TPSA) is 0 Å². The third kappa shape index (κ3) is 1.67. The van der Waals surface area contributed by atoms with Gasteiger partial charge in [-0.2, -0.15) is 0 Å². The summed E-state index contributed by atoms with van der Waals surface area (Å²) in [4.78, 5) is -0.838. The molecule has 8 heteroatoms. The van der Waals surface area contributed by atoms with Crippen LogP contribution in [0.4, 0.5) is 0 Å². The number of fused-ring (bicyclic) bond motifs is 2. The van der Waals surface area contributed by atoms with Crippen molar-refractivity contribution in [1.82, 2.24) is 0 Å². The van der Waals surface area contributed by atoms with Gasteiger partial charge in [0.1, 0.15) is 4.84 Å². The first-order valence-electron chi connectivity index (χ1n) is 5.29. The first-order chi connectivity index (χ1) is 8.32. The van der Waals surface area contributed by atoms with Gasteiger partial charge in [-0.25, -0.2) is 0 Å². The summed E-state index contributed by atoms with van der Waals surface area (Å²) in [5.74, 6) is 0.229. The molecule has 2 aliphatic rings. The smallest absolute Gasteiger partial charge is 0.117 e. The molecular weight excluding hydrogens is 404 g/mol. The van der Waals surface area contributed by atoms with Gasteiger partial charge in [-0.15, -0.1) is 92.8 Å². The number of hydrogen-bond acceptors (Lipinski definition) is 0. The third-order valence-electron chi connectivity index (χ3n) is 4.50. The van der Waals surface area contributed by atoms with Crippen molar-refractivity contribution in [1.29, 1.82) is 0 Å². The second kappa shape index (κ2) is 5.51. The van der Waals surface area contributed by atoms with Crippen molar-refractivity contribution in [2.75, 3.05) is 11.8 Å². The van der Waals surface area contributed by atoms with Gasteiger partial charge in [-0.05, 0) is 0 Å². The second-order valence-electron chi connectivity index (χ2n) is 4.88. The van der Waals surface area contributed by atoms with Gasteiger partial charge in [0.2, 0.25) is 0 Å². The lowest BCUT2D eigenvalue weighted by Crippen LogP contribution is -2.54. The van der Waals surface area contributed by atoms with E-state index in [4.69, 9.17) is 92.8 Å². The fourth-order valence-electron chi connectivity index (χ4n) is 3.57. The van der Waals surface area contributed by atoms with Crippen molar-refractivity contribution >= 4 is 92.8 Å². The highest BCUT2D eigenvalue weighted by molar-refractivity contribution is 6.47. The molecule has 18 heavy (non-hydrogen) atoms. The van der Waals surface area contributed by atoms with Crippen LogP contribution in [0.15, 0.2) is 0 Å². The molecule has 0 radical (unpaired) electrons. The molecule has 2 saturated carbocycles. The van der Waals surface area contributed by atoms with E-state index in [1.165, 1.54) is 0 Å². The summed E-state index contributed by atoms with van der Waals surface area (Å²) < 4.78 is 0. The number of hydrogen-bond donors (Lipinski definition) is 0. The first kappa shape index (κ1) is 16.7. The van der Waals surface area contributed by atoms with E-state index in [9.17, 15) is 0 Å². The summed E-state index contributed by atoms with van der Waals surface area (Å²) in [5.41, 5.74) is -1.53. The molecule has 2 fully saturated rings. The summed E-state index contributed by atoms with van der Waals surface area (Å²) in [6.45, 7) is 0. The Morgan fingerprint density at radius 1 is 0.833 bits per heavy atom. The lowest BCUT2D eigenvalue weighted by atomic mass is 9.70. The van der Waals surface area contributed by atoms with E-state index in [1.807, 2.05) is 0 Å². The van der Waals surface area contributed by atoms with Crippen LogP contribution in [-0.2, 0) is 0 Å². The summed E-state index contributed by atoms with van der Waals surface area (Å²) in [6, 6.07) is 0. The highest BCUT2D eigenvalue weighted by atomic mass is 35.5. The van der Waals surface area contributed by atoms with E-state index in [-0.39, 0.29) is 17.7 Å². The molecule has 2 bridgehead atoms. The van der Waals surface area contributed by atoms with Crippen LogP contribution in [0.2, 0.25) is 0 Å². The molecule has 0 aromatic heterocycles. The molecule has 0 N–H and O–H groups in total. The van der Waals surface area contributed by atoms with E-state index in [2.05, 4.69) is 0 Å². The van der Waals surface area contributed by atoms with Crippen molar-refractivity contribution in [3.05, 3.63) is 0 Å². The summed E-state index contributed by atoms with van der Waals surface area (Å²) in [5, 5.41) is -1.83. The zero-order chi connectivity index (χ0) is 13.9. The van der Waals surface area contributed by atoms with Gasteiger partial charge in [0.15, 0.2) is 0 Å². The lowest BCUT2D eigenvalue weighted by Gasteiger charge is -2.45. The van der Waals surface area contributed by atoms with Crippen LogP contribution >= 0.6 is 92.8 Å². The Kier molecular flexibility index (Phi) is 5.10. The van der Waals surface area contributed by atoms with E-state index in [0.29, 0.717) is 0 Å². The average Bonchev–Trinajstić information content (AvgIpc) is 2.66. The van der Waals surface area contributed by atoms with Crippen LogP contribution in [-0.4, -0.2) is 38.1 Å². The molecule has 4 atom stereocenters. The van der Waals surface area contributed by atoms with Crippen LogP contribution < -0.4 is 0 Å². The molecule has 0 spiro atoms. The number of rotatable bonds is 3. The summed E-state index contributed by atoms with van der Waals surface area (Å²) in [6.07, 6.45) is 0. The zero-order valence-electron chi connectivity index (χ0n) is 8.90. The fourth-order valence-corrected chi connectivity index (χ4v) is 8.53. The molecule has 0 aromatic rings. The van der Waals surface area contributed by atoms with E-state index in [1.54, 1.807) is 0 Å². The van der Waals surface area contributed by atoms with E-state index < -0.39 is 37.2 Å². The standard InChI is InChI=1S/C10H10Cl8/c11-1-9(2-12)3-4(13)6(15)10(9,8(17)18)7(16)5(3)14/h3-8H,1-2H2/t3?,4-,5-,6+,7+,10?/m1/s1. The minimum Gasteiger partial charge on any atom is -0.126 e. The van der Waals surface area contributed by atoms with Gasteiger partial charge in [0, 0.05) is 28.5 Å². The quantitative estimate of drug-likeness (QED) is 0.550. The highest BCUT2D eigenvalue weighted by Gasteiger charge is 2.80. The Balaban J connectivity index is 2.66. The first-order valence-corrected chi connectivity index (χ1v) is 8.98. The molecule has 0 aromatic carbocycles. The predicted octanol–water partition coefficient (Wildman–Crippen LogP) is 5.31. The number of halogens is 8. The Morgan fingerprint density at radius 2 is 1.22 bits per heavy atom. The maximum absolute atomic E-state index is 6.45. The molecule has 2 aliphatic carbocycles. The van der Waals surface area contributed by atoms with Crippen LogP contribution in [0.3, 0.4) is 0 Å². The SMILES string of the molecule is ClCC1(CCl)C2[C@@H](Cl)[C@H](Cl)C1(C(Cl)Cl)[C@@H](Cl)[C@@H]2Cl. The maximum atomic E-state index is 6.45. The Morgan fingerprint density at radius 3 is 1.44 bits per heavy atom. The van der Waals surface area contributed by atoms with Crippen molar-refractivity contribution in [3.8, 4) is 0 Å². The van der Waals surface area contributed by atoms with Crippen LogP contribution in [0.5, 0.6) is 0 Å². The molecular formula is C10H10Cl8. The maximum Gasteiger partial charge on any atom is 0.117 e. The van der Waals surface area contributed by atoms with E-state index in [0.717, 1.165) is 0 Å². The zero-order valence-corrected chi connectivity index (χ0v) is 14.9. The molecule has 0 amide bonds. The van der Waals surface area contributed by atoms with Crippen LogP contribution in [0.1, 0.15) is 0 Å². The van der Waals surface area contributed by atoms with E-state index >= 15 is 0 Å². The largest absolute Gasteiger partial charge is 0.126 e. The second-order valence-corrected chi connectivity index (χ2v) is 8.45. The number of alkyl halides is 8. The van der Waals surface area contributed by atoms with Crippen LogP contribution in [0, 0.1) is 16.7 Å². The lowest BCUT2D eigenvalue weighted by molar-refractivity contribution is 0.159. The molecule has 0 unspecified atom stereocenters. The summed E-state index contributed by atoms with van der Waals surface area (Å²) >= 11 is 50.4. The van der Waals surface area contributed by atoms with Crippen molar-refractivity contribution in [3.63, 3.8) is 0 Å². The van der Waals surface area contributed by atoms with Gasteiger partial charge in [0.05, 0.1) is 21.5 Å². The Bertz CT molecular complexity index is 312. The Hall–Kier alpha value is 2.32. The third-order valence-corrected chi connectivity index (χ3v) is 8.74. The van der Waals surface area contributed by atoms with Gasteiger partial charge in [-0.1, -0.05) is 0 Å².